The second kappa shape index (κ2) is 4.62. The molecule has 0 N–H and O–H groups in total. The Morgan fingerprint density at radius 3 is 2.73 bits per heavy atom. The highest BCUT2D eigenvalue weighted by molar-refractivity contribution is 6.17. The predicted octanol–water partition coefficient (Wildman–Crippen LogP) is 2.21. The lowest BCUT2D eigenvalue weighted by Gasteiger charge is -2.07. The summed E-state index contributed by atoms with van der Waals surface area (Å²) in [6.07, 6.45) is 0. The average Bonchev–Trinajstić information content (AvgIpc) is 2.26. The summed E-state index contributed by atoms with van der Waals surface area (Å²) in [5, 5.41) is 19.3. The van der Waals surface area contributed by atoms with Crippen LogP contribution in [0.3, 0.4) is 0 Å². The first-order valence-electron chi connectivity index (χ1n) is 3.95. The van der Waals surface area contributed by atoms with Gasteiger partial charge in [0.2, 0.25) is 0 Å². The molecule has 0 saturated carbocycles. The van der Waals surface area contributed by atoms with Gasteiger partial charge in [-0.05, 0) is 0 Å². The first-order chi connectivity index (χ1) is 7.13. The average molecular weight is 227 g/mol. The number of benzene rings is 1. The van der Waals surface area contributed by atoms with Crippen molar-refractivity contribution in [3.8, 4) is 11.8 Å². The van der Waals surface area contributed by atoms with E-state index in [1.165, 1.54) is 13.2 Å². The zero-order valence-electron chi connectivity index (χ0n) is 7.86. The van der Waals surface area contributed by atoms with Crippen LogP contribution in [0.15, 0.2) is 12.1 Å². The van der Waals surface area contributed by atoms with E-state index in [4.69, 9.17) is 21.6 Å². The van der Waals surface area contributed by atoms with Gasteiger partial charge in [0.05, 0.1) is 17.9 Å². The number of methoxy groups -OCH3 is 1. The Kier molecular flexibility index (Phi) is 3.47. The number of hydrogen-bond donors (Lipinski definition) is 0. The molecule has 1 aromatic rings. The molecule has 78 valence electrons. The molecular formula is C9H7ClN2O3. The highest BCUT2D eigenvalue weighted by atomic mass is 35.5. The van der Waals surface area contributed by atoms with Gasteiger partial charge in [-0.3, -0.25) is 10.1 Å². The molecule has 0 spiro atoms. The van der Waals surface area contributed by atoms with Crippen LogP contribution in [0.1, 0.15) is 11.1 Å². The molecule has 0 unspecified atom stereocenters. The minimum Gasteiger partial charge on any atom is -0.495 e. The van der Waals surface area contributed by atoms with Crippen LogP contribution < -0.4 is 4.74 Å². The second-order valence-corrected chi connectivity index (χ2v) is 2.96. The second-order valence-electron chi connectivity index (χ2n) is 2.69. The standard InChI is InChI=1S/C9H7ClN2O3/c1-15-9-6(4-10)2-8(12(13)14)3-7(9)5-11/h2-3H,4H2,1H3. The maximum atomic E-state index is 10.5. The van der Waals surface area contributed by atoms with E-state index in [-0.39, 0.29) is 22.9 Å². The van der Waals surface area contributed by atoms with Gasteiger partial charge in [-0.1, -0.05) is 0 Å². The van der Waals surface area contributed by atoms with E-state index in [0.29, 0.717) is 5.56 Å². The lowest BCUT2D eigenvalue weighted by atomic mass is 10.1. The van der Waals surface area contributed by atoms with Gasteiger partial charge in [0, 0.05) is 17.7 Å². The van der Waals surface area contributed by atoms with Crippen LogP contribution in [0.25, 0.3) is 0 Å². The molecule has 5 nitrogen and oxygen atoms in total. The van der Waals surface area contributed by atoms with Gasteiger partial charge in [-0.15, -0.1) is 11.6 Å². The van der Waals surface area contributed by atoms with Gasteiger partial charge in [0.15, 0.2) is 0 Å². The molecule has 0 aliphatic heterocycles. The maximum absolute atomic E-state index is 10.5. The molecule has 0 aliphatic rings. The van der Waals surface area contributed by atoms with Crippen molar-refractivity contribution in [3.05, 3.63) is 33.4 Å². The molecule has 0 aliphatic carbocycles. The molecule has 0 atom stereocenters. The Labute approximate surface area is 91.0 Å². The van der Waals surface area contributed by atoms with E-state index in [9.17, 15) is 10.1 Å². The molecule has 0 heterocycles. The van der Waals surface area contributed by atoms with Crippen LogP contribution in [0.2, 0.25) is 0 Å². The number of halogens is 1. The number of nitro groups is 1. The molecule has 1 aromatic carbocycles. The molecule has 15 heavy (non-hydrogen) atoms. The zero-order valence-corrected chi connectivity index (χ0v) is 8.61. The summed E-state index contributed by atoms with van der Waals surface area (Å²) in [6, 6.07) is 4.29. The molecule has 0 radical (unpaired) electrons. The van der Waals surface area contributed by atoms with Crippen LogP contribution >= 0.6 is 11.6 Å². The Morgan fingerprint density at radius 1 is 1.67 bits per heavy atom. The largest absolute Gasteiger partial charge is 0.495 e. The van der Waals surface area contributed by atoms with Gasteiger partial charge in [-0.2, -0.15) is 5.26 Å². The van der Waals surface area contributed by atoms with Gasteiger partial charge >= 0.3 is 0 Å². The number of non-ortho nitro benzene ring substituents is 1. The number of hydrogen-bond acceptors (Lipinski definition) is 4. The molecule has 0 fully saturated rings. The highest BCUT2D eigenvalue weighted by Crippen LogP contribution is 2.29. The molecule has 6 heteroatoms. The van der Waals surface area contributed by atoms with E-state index in [2.05, 4.69) is 0 Å². The fourth-order valence-electron chi connectivity index (χ4n) is 1.20. The Hall–Kier alpha value is -1.80. The Bertz CT molecular complexity index is 440. The first-order valence-corrected chi connectivity index (χ1v) is 4.48. The summed E-state index contributed by atoms with van der Waals surface area (Å²) in [7, 11) is 1.39. The van der Waals surface area contributed by atoms with E-state index in [1.807, 2.05) is 6.07 Å². The quantitative estimate of drug-likeness (QED) is 0.450. The molecule has 0 amide bonds. The van der Waals surface area contributed by atoms with Crippen LogP contribution in [0.4, 0.5) is 5.69 Å². The maximum Gasteiger partial charge on any atom is 0.271 e. The van der Waals surface area contributed by atoms with Crippen LogP contribution in [-0.4, -0.2) is 12.0 Å². The monoisotopic (exact) mass is 226 g/mol. The van der Waals surface area contributed by atoms with Crippen LogP contribution in [0, 0.1) is 21.4 Å². The van der Waals surface area contributed by atoms with E-state index in [0.717, 1.165) is 6.07 Å². The number of rotatable bonds is 3. The first kappa shape index (κ1) is 11.3. The number of nitrogens with zero attached hydrogens (tertiary/aromatic N) is 2. The summed E-state index contributed by atoms with van der Waals surface area (Å²) >= 11 is 5.60. The molecule has 1 rings (SSSR count). The normalized spacial score (nSPS) is 9.40. The molecular weight excluding hydrogens is 220 g/mol. The van der Waals surface area contributed by atoms with Crippen molar-refractivity contribution < 1.29 is 9.66 Å². The summed E-state index contributed by atoms with van der Waals surface area (Å²) in [4.78, 5) is 9.98. The van der Waals surface area contributed by atoms with Crippen molar-refractivity contribution in [1.29, 1.82) is 5.26 Å². The highest BCUT2D eigenvalue weighted by Gasteiger charge is 2.16. The number of alkyl halides is 1. The van der Waals surface area contributed by atoms with Gasteiger partial charge < -0.3 is 4.74 Å². The lowest BCUT2D eigenvalue weighted by molar-refractivity contribution is -0.384. The van der Waals surface area contributed by atoms with Crippen molar-refractivity contribution in [2.24, 2.45) is 0 Å². The Morgan fingerprint density at radius 2 is 2.33 bits per heavy atom. The van der Waals surface area contributed by atoms with E-state index < -0.39 is 4.92 Å². The third-order valence-electron chi connectivity index (χ3n) is 1.83. The van der Waals surface area contributed by atoms with Crippen molar-refractivity contribution in [1.82, 2.24) is 0 Å². The molecule has 0 saturated heterocycles. The summed E-state index contributed by atoms with van der Waals surface area (Å²) in [6.45, 7) is 0. The fourth-order valence-corrected chi connectivity index (χ4v) is 1.40. The molecule has 0 bridgehead atoms. The van der Waals surface area contributed by atoms with Crippen molar-refractivity contribution in [2.45, 2.75) is 5.88 Å². The molecule has 0 aromatic heterocycles. The summed E-state index contributed by atoms with van der Waals surface area (Å²) < 4.78 is 4.96. The summed E-state index contributed by atoms with van der Waals surface area (Å²) in [5.74, 6) is 0.345. The minimum atomic E-state index is -0.573. The smallest absolute Gasteiger partial charge is 0.271 e. The topological polar surface area (TPSA) is 76.2 Å². The Balaban J connectivity index is 3.44. The van der Waals surface area contributed by atoms with Gasteiger partial charge in [0.1, 0.15) is 17.4 Å². The van der Waals surface area contributed by atoms with Gasteiger partial charge in [-0.25, -0.2) is 0 Å². The number of ether oxygens (including phenoxy) is 1. The third-order valence-corrected chi connectivity index (χ3v) is 2.12. The lowest BCUT2D eigenvalue weighted by Crippen LogP contribution is -1.97. The van der Waals surface area contributed by atoms with Gasteiger partial charge in [0.25, 0.3) is 5.69 Å². The van der Waals surface area contributed by atoms with Crippen LogP contribution in [0.5, 0.6) is 5.75 Å². The van der Waals surface area contributed by atoms with Crippen molar-refractivity contribution >= 4 is 17.3 Å². The van der Waals surface area contributed by atoms with E-state index >= 15 is 0 Å². The summed E-state index contributed by atoms with van der Waals surface area (Å²) in [5.41, 5.74) is 0.385. The SMILES string of the molecule is COc1c(C#N)cc([N+](=O)[O-])cc1CCl. The van der Waals surface area contributed by atoms with E-state index in [1.54, 1.807) is 0 Å². The van der Waals surface area contributed by atoms with Crippen LogP contribution in [-0.2, 0) is 5.88 Å². The predicted molar refractivity (Wildman–Crippen MR) is 53.9 cm³/mol. The zero-order chi connectivity index (χ0) is 11.4. The number of nitro benzene ring substituents is 1. The fraction of sp³-hybridized carbons (Fsp3) is 0.222. The van der Waals surface area contributed by atoms with Crippen molar-refractivity contribution in [3.63, 3.8) is 0 Å². The van der Waals surface area contributed by atoms with Crippen molar-refractivity contribution in [2.75, 3.05) is 7.11 Å². The third kappa shape index (κ3) is 2.17. The minimum absolute atomic E-state index is 0.0551. The number of nitriles is 1.